The summed E-state index contributed by atoms with van der Waals surface area (Å²) in [4.78, 5) is 15.1. The number of hydrogen-bond acceptors (Lipinski definition) is 2. The van der Waals surface area contributed by atoms with E-state index in [4.69, 9.17) is 9.98 Å². The first-order valence-electron chi connectivity index (χ1n) is 14.2. The monoisotopic (exact) mass is 506 g/mol. The number of guanidine groups is 1. The van der Waals surface area contributed by atoms with E-state index >= 15 is 0 Å². The van der Waals surface area contributed by atoms with E-state index in [-0.39, 0.29) is 11.1 Å². The Bertz CT molecular complexity index is 1150. The first-order chi connectivity index (χ1) is 17.4. The molecule has 1 aliphatic carbocycles. The Morgan fingerprint density at radius 1 is 0.892 bits per heavy atom. The van der Waals surface area contributed by atoms with Crippen LogP contribution in [0.4, 0.5) is 0 Å². The fraction of sp³-hybridized carbons (Fsp3) is 0.742. The maximum Gasteiger partial charge on any atom is 0.205 e. The maximum atomic E-state index is 5.34. The average Bonchev–Trinajstić information content (AvgIpc) is 3.26. The standard InChI is InChI=1S/C31H50N6/c1-10-11-12-13-14-15-16-17-20-37-22-21-34(7)28(37)33-31(5,6)24-25-18-19-26-27(23-25)36(9)29(35(26)8)32-30(2,3)4/h25H,10-11,16-24H2,1-9H3. The predicted octanol–water partition coefficient (Wildman–Crippen LogP) is 4.53. The van der Waals surface area contributed by atoms with Crippen molar-refractivity contribution in [2.75, 3.05) is 26.7 Å². The molecule has 1 saturated heterocycles. The molecule has 0 N–H and O–H groups in total. The van der Waals surface area contributed by atoms with E-state index in [0.717, 1.165) is 76.2 Å². The molecule has 6 heteroatoms. The SMILES string of the molecule is CCCC#CC#CCCCN1CCN(C)C1=NC(C)(C)CC1CCc2c(n(C)c(=NC(C)(C)C)n2C)C1. The molecule has 1 aromatic rings. The van der Waals surface area contributed by atoms with E-state index < -0.39 is 0 Å². The van der Waals surface area contributed by atoms with Crippen LogP contribution in [-0.4, -0.2) is 62.7 Å². The van der Waals surface area contributed by atoms with Gasteiger partial charge in [-0.3, -0.25) is 0 Å². The van der Waals surface area contributed by atoms with E-state index in [1.165, 1.54) is 17.8 Å². The summed E-state index contributed by atoms with van der Waals surface area (Å²) in [6.45, 7) is 16.4. The highest BCUT2D eigenvalue weighted by molar-refractivity contribution is 5.82. The van der Waals surface area contributed by atoms with Gasteiger partial charge in [-0.15, -0.1) is 0 Å². The first-order valence-corrected chi connectivity index (χ1v) is 14.2. The molecule has 1 aliphatic heterocycles. The molecule has 0 spiro atoms. The molecule has 0 bridgehead atoms. The van der Waals surface area contributed by atoms with Crippen LogP contribution >= 0.6 is 0 Å². The molecule has 0 aromatic carbocycles. The smallest absolute Gasteiger partial charge is 0.205 e. The van der Waals surface area contributed by atoms with E-state index in [0.29, 0.717) is 5.92 Å². The van der Waals surface area contributed by atoms with Crippen LogP contribution in [0.25, 0.3) is 0 Å². The lowest BCUT2D eigenvalue weighted by molar-refractivity contribution is 0.320. The summed E-state index contributed by atoms with van der Waals surface area (Å²) >= 11 is 0. The van der Waals surface area contributed by atoms with Crippen molar-refractivity contribution in [3.63, 3.8) is 0 Å². The van der Waals surface area contributed by atoms with Crippen LogP contribution in [0.5, 0.6) is 0 Å². The molecule has 0 saturated carbocycles. The second kappa shape index (κ2) is 12.3. The zero-order chi connectivity index (χ0) is 27.2. The molecule has 2 heterocycles. The van der Waals surface area contributed by atoms with Crippen molar-refractivity contribution in [2.24, 2.45) is 30.0 Å². The quantitative estimate of drug-likeness (QED) is 0.403. The number of aliphatic imine (C=N–C) groups is 1. The first kappa shape index (κ1) is 29.0. The van der Waals surface area contributed by atoms with Crippen LogP contribution in [0.15, 0.2) is 9.98 Å². The second-order valence-electron chi connectivity index (χ2n) is 12.5. The van der Waals surface area contributed by atoms with E-state index in [9.17, 15) is 0 Å². The van der Waals surface area contributed by atoms with Crippen molar-refractivity contribution in [3.05, 3.63) is 17.0 Å². The topological polar surface area (TPSA) is 41.1 Å². The third kappa shape index (κ3) is 7.94. The molecule has 1 fully saturated rings. The number of imidazole rings is 1. The highest BCUT2D eigenvalue weighted by Crippen LogP contribution is 2.32. The average molecular weight is 507 g/mol. The Labute approximate surface area is 226 Å². The molecule has 6 nitrogen and oxygen atoms in total. The number of likely N-dealkylation sites (N-methyl/N-ethyl adjacent to an activating group) is 1. The summed E-state index contributed by atoms with van der Waals surface area (Å²) < 4.78 is 4.64. The highest BCUT2D eigenvalue weighted by atomic mass is 15.4. The van der Waals surface area contributed by atoms with Crippen LogP contribution in [0.2, 0.25) is 0 Å². The van der Waals surface area contributed by atoms with Gasteiger partial charge in [-0.25, -0.2) is 9.98 Å². The van der Waals surface area contributed by atoms with Gasteiger partial charge >= 0.3 is 0 Å². The Balaban J connectivity index is 1.65. The number of unbranched alkanes of at least 4 members (excludes halogenated alkanes) is 2. The van der Waals surface area contributed by atoms with E-state index in [2.05, 4.69) is 105 Å². The normalized spacial score (nSPS) is 19.5. The van der Waals surface area contributed by atoms with Gasteiger partial charge in [-0.05, 0) is 90.9 Å². The largest absolute Gasteiger partial charge is 0.344 e. The minimum Gasteiger partial charge on any atom is -0.344 e. The van der Waals surface area contributed by atoms with Gasteiger partial charge in [0, 0.05) is 65.0 Å². The Morgan fingerprint density at radius 3 is 2.24 bits per heavy atom. The summed E-state index contributed by atoms with van der Waals surface area (Å²) in [6, 6.07) is 0. The van der Waals surface area contributed by atoms with Crippen LogP contribution in [0.1, 0.15) is 91.5 Å². The van der Waals surface area contributed by atoms with Crippen molar-refractivity contribution < 1.29 is 0 Å². The maximum absolute atomic E-state index is 5.34. The second-order valence-corrected chi connectivity index (χ2v) is 12.5. The Morgan fingerprint density at radius 2 is 1.57 bits per heavy atom. The molecular formula is C31H50N6. The molecule has 2 aliphatic rings. The zero-order valence-corrected chi connectivity index (χ0v) is 25.0. The zero-order valence-electron chi connectivity index (χ0n) is 25.0. The van der Waals surface area contributed by atoms with Crippen LogP contribution < -0.4 is 5.62 Å². The van der Waals surface area contributed by atoms with Gasteiger partial charge in [-0.1, -0.05) is 18.8 Å². The Kier molecular flexibility index (Phi) is 9.63. The fourth-order valence-corrected chi connectivity index (χ4v) is 5.56. The van der Waals surface area contributed by atoms with Gasteiger partial charge in [-0.2, -0.15) is 0 Å². The van der Waals surface area contributed by atoms with E-state index in [1.54, 1.807) is 0 Å². The molecule has 0 amide bonds. The summed E-state index contributed by atoms with van der Waals surface area (Å²) in [7, 11) is 6.54. The van der Waals surface area contributed by atoms with E-state index in [1.807, 2.05) is 0 Å². The number of fused-ring (bicyclic) bond motifs is 1. The van der Waals surface area contributed by atoms with Crippen molar-refractivity contribution >= 4 is 5.96 Å². The molecule has 1 atom stereocenters. The van der Waals surface area contributed by atoms with Gasteiger partial charge in [0.05, 0.1) is 11.1 Å². The van der Waals surface area contributed by atoms with Gasteiger partial charge in [0.25, 0.3) is 0 Å². The summed E-state index contributed by atoms with van der Waals surface area (Å²) in [5.41, 5.74) is 3.80. The van der Waals surface area contributed by atoms with Crippen molar-refractivity contribution in [2.45, 2.75) is 104 Å². The lowest BCUT2D eigenvalue weighted by atomic mass is 9.81. The highest BCUT2D eigenvalue weighted by Gasteiger charge is 2.32. The molecule has 1 unspecified atom stereocenters. The number of aromatic nitrogens is 2. The third-order valence-electron chi connectivity index (χ3n) is 7.31. The lowest BCUT2D eigenvalue weighted by Crippen LogP contribution is -2.36. The van der Waals surface area contributed by atoms with Crippen LogP contribution in [-0.2, 0) is 26.9 Å². The number of rotatable bonds is 7. The molecule has 3 rings (SSSR count). The summed E-state index contributed by atoms with van der Waals surface area (Å²) in [5.74, 6) is 14.0. The molecule has 1 aromatic heterocycles. The van der Waals surface area contributed by atoms with Crippen molar-refractivity contribution in [3.8, 4) is 23.7 Å². The summed E-state index contributed by atoms with van der Waals surface area (Å²) in [5, 5.41) is 0. The Hall–Kier alpha value is -2.60. The minimum atomic E-state index is -0.102. The molecule has 37 heavy (non-hydrogen) atoms. The van der Waals surface area contributed by atoms with Gasteiger partial charge < -0.3 is 18.9 Å². The number of hydrogen-bond donors (Lipinski definition) is 0. The molecule has 0 radical (unpaired) electrons. The van der Waals surface area contributed by atoms with Crippen LogP contribution in [0, 0.1) is 29.6 Å². The summed E-state index contributed by atoms with van der Waals surface area (Å²) in [6.07, 6.45) is 8.50. The molecular weight excluding hydrogens is 456 g/mol. The van der Waals surface area contributed by atoms with Crippen molar-refractivity contribution in [1.29, 1.82) is 0 Å². The third-order valence-corrected chi connectivity index (χ3v) is 7.31. The van der Waals surface area contributed by atoms with Gasteiger partial charge in [0.15, 0.2) is 5.96 Å². The predicted molar refractivity (Wildman–Crippen MR) is 155 cm³/mol. The van der Waals surface area contributed by atoms with Gasteiger partial charge in [0.1, 0.15) is 0 Å². The fourth-order valence-electron chi connectivity index (χ4n) is 5.56. The number of nitrogens with zero attached hydrogens (tertiary/aromatic N) is 6. The van der Waals surface area contributed by atoms with Gasteiger partial charge in [0.2, 0.25) is 5.62 Å². The molecule has 204 valence electrons. The minimum absolute atomic E-state index is 0.0849. The lowest BCUT2D eigenvalue weighted by Gasteiger charge is -2.32. The van der Waals surface area contributed by atoms with Crippen molar-refractivity contribution in [1.82, 2.24) is 18.9 Å². The van der Waals surface area contributed by atoms with Crippen LogP contribution in [0.3, 0.4) is 0 Å².